The highest BCUT2D eigenvalue weighted by Crippen LogP contribution is 2.38. The van der Waals surface area contributed by atoms with Gasteiger partial charge in [0.15, 0.2) is 5.69 Å². The monoisotopic (exact) mass is 421 g/mol. The van der Waals surface area contributed by atoms with Crippen molar-refractivity contribution in [2.45, 2.75) is 57.5 Å². The molecule has 0 bridgehead atoms. The van der Waals surface area contributed by atoms with Crippen LogP contribution in [0, 0.1) is 0 Å². The van der Waals surface area contributed by atoms with Crippen molar-refractivity contribution in [3.05, 3.63) is 46.3 Å². The Morgan fingerprint density at radius 3 is 2.81 bits per heavy atom. The van der Waals surface area contributed by atoms with Gasteiger partial charge in [-0.25, -0.2) is 0 Å². The highest BCUT2D eigenvalue weighted by molar-refractivity contribution is 6.07. The van der Waals surface area contributed by atoms with Gasteiger partial charge in [0.1, 0.15) is 6.04 Å². The molecule has 1 aromatic heterocycles. The first-order valence-corrected chi connectivity index (χ1v) is 10.4. The SMILES string of the molecule is CC1(C)CCc2c(C(=O)Nc3ccc4c(c3)CN(C3CCC(=O)NC3=O)C4=O)n[nH]c21. The molecule has 3 aliphatic rings. The molecule has 0 saturated carbocycles. The molecule has 1 fully saturated rings. The number of hydrogen-bond acceptors (Lipinski definition) is 5. The third-order valence-electron chi connectivity index (χ3n) is 6.54. The third-order valence-corrected chi connectivity index (χ3v) is 6.54. The predicted octanol–water partition coefficient (Wildman–Crippen LogP) is 1.65. The fourth-order valence-corrected chi connectivity index (χ4v) is 4.76. The number of nitrogens with zero attached hydrogens (tertiary/aromatic N) is 2. The minimum absolute atomic E-state index is 0.0196. The Labute approximate surface area is 178 Å². The van der Waals surface area contributed by atoms with Gasteiger partial charge < -0.3 is 10.2 Å². The van der Waals surface area contributed by atoms with Gasteiger partial charge in [-0.2, -0.15) is 5.10 Å². The van der Waals surface area contributed by atoms with Crippen LogP contribution in [0.5, 0.6) is 0 Å². The normalized spacial score (nSPS) is 21.7. The second kappa shape index (κ2) is 6.76. The van der Waals surface area contributed by atoms with Crippen LogP contribution in [0.3, 0.4) is 0 Å². The Bertz CT molecular complexity index is 1150. The molecule has 2 aliphatic heterocycles. The molecule has 2 aromatic rings. The van der Waals surface area contributed by atoms with E-state index in [1.807, 2.05) is 0 Å². The molecule has 160 valence electrons. The summed E-state index contributed by atoms with van der Waals surface area (Å²) in [6.45, 7) is 4.52. The van der Waals surface area contributed by atoms with Crippen molar-refractivity contribution in [3.8, 4) is 0 Å². The minimum atomic E-state index is -0.661. The number of imide groups is 1. The number of amides is 4. The fourth-order valence-electron chi connectivity index (χ4n) is 4.76. The Kier molecular flexibility index (Phi) is 4.25. The summed E-state index contributed by atoms with van der Waals surface area (Å²) in [4.78, 5) is 50.7. The number of hydrogen-bond donors (Lipinski definition) is 3. The molecule has 31 heavy (non-hydrogen) atoms. The summed E-state index contributed by atoms with van der Waals surface area (Å²) in [7, 11) is 0. The maximum atomic E-state index is 12.8. The number of aromatic nitrogens is 2. The number of fused-ring (bicyclic) bond motifs is 2. The third kappa shape index (κ3) is 3.11. The van der Waals surface area contributed by atoms with E-state index in [0.29, 0.717) is 23.4 Å². The molecule has 0 radical (unpaired) electrons. The number of aromatic amines is 1. The number of carbonyl (C=O) groups is 4. The van der Waals surface area contributed by atoms with E-state index in [2.05, 4.69) is 34.7 Å². The molecule has 1 saturated heterocycles. The molecule has 1 atom stereocenters. The smallest absolute Gasteiger partial charge is 0.276 e. The molecule has 9 heteroatoms. The summed E-state index contributed by atoms with van der Waals surface area (Å²) in [5, 5.41) is 12.4. The van der Waals surface area contributed by atoms with E-state index in [1.165, 1.54) is 4.90 Å². The molecule has 1 unspecified atom stereocenters. The van der Waals surface area contributed by atoms with E-state index >= 15 is 0 Å². The summed E-state index contributed by atoms with van der Waals surface area (Å²) < 4.78 is 0. The van der Waals surface area contributed by atoms with Crippen LogP contribution in [0.15, 0.2) is 18.2 Å². The van der Waals surface area contributed by atoms with Gasteiger partial charge in [-0.3, -0.25) is 29.6 Å². The van der Waals surface area contributed by atoms with E-state index in [4.69, 9.17) is 0 Å². The zero-order valence-corrected chi connectivity index (χ0v) is 17.4. The summed E-state index contributed by atoms with van der Waals surface area (Å²) in [6.07, 6.45) is 2.30. The van der Waals surface area contributed by atoms with Crippen LogP contribution in [0.25, 0.3) is 0 Å². The van der Waals surface area contributed by atoms with Gasteiger partial charge in [0.05, 0.1) is 0 Å². The number of rotatable bonds is 3. The Hall–Kier alpha value is -3.49. The van der Waals surface area contributed by atoms with Crippen LogP contribution in [-0.2, 0) is 28.0 Å². The average Bonchev–Trinajstić information content (AvgIpc) is 3.36. The number of benzene rings is 1. The van der Waals surface area contributed by atoms with Gasteiger partial charge in [-0.15, -0.1) is 0 Å². The Morgan fingerprint density at radius 1 is 1.23 bits per heavy atom. The minimum Gasteiger partial charge on any atom is -0.322 e. The summed E-state index contributed by atoms with van der Waals surface area (Å²) in [5.41, 5.74) is 4.16. The maximum Gasteiger partial charge on any atom is 0.276 e. The van der Waals surface area contributed by atoms with Crippen molar-refractivity contribution in [1.29, 1.82) is 0 Å². The van der Waals surface area contributed by atoms with Gasteiger partial charge in [0, 0.05) is 40.9 Å². The van der Waals surface area contributed by atoms with E-state index in [0.717, 1.165) is 29.7 Å². The van der Waals surface area contributed by atoms with Crippen LogP contribution in [0.1, 0.15) is 70.8 Å². The highest BCUT2D eigenvalue weighted by atomic mass is 16.2. The maximum absolute atomic E-state index is 12.8. The van der Waals surface area contributed by atoms with E-state index in [-0.39, 0.29) is 36.1 Å². The molecule has 3 N–H and O–H groups in total. The van der Waals surface area contributed by atoms with Gasteiger partial charge in [-0.1, -0.05) is 13.8 Å². The molecule has 4 amide bonds. The van der Waals surface area contributed by atoms with E-state index in [9.17, 15) is 19.2 Å². The van der Waals surface area contributed by atoms with Crippen molar-refractivity contribution in [2.75, 3.05) is 5.32 Å². The molecular weight excluding hydrogens is 398 g/mol. The van der Waals surface area contributed by atoms with E-state index in [1.54, 1.807) is 18.2 Å². The molecule has 1 aromatic carbocycles. The fraction of sp³-hybridized carbons (Fsp3) is 0.409. The summed E-state index contributed by atoms with van der Waals surface area (Å²) in [5.74, 6) is -1.29. The molecular formula is C22H23N5O4. The quantitative estimate of drug-likeness (QED) is 0.650. The second-order valence-electron chi connectivity index (χ2n) is 9.04. The number of piperidine rings is 1. The summed E-state index contributed by atoms with van der Waals surface area (Å²) >= 11 is 0. The van der Waals surface area contributed by atoms with Gasteiger partial charge in [0.2, 0.25) is 11.8 Å². The molecule has 5 rings (SSSR count). The predicted molar refractivity (Wildman–Crippen MR) is 110 cm³/mol. The van der Waals surface area contributed by atoms with Gasteiger partial charge in [0.25, 0.3) is 11.8 Å². The lowest BCUT2D eigenvalue weighted by atomic mass is 9.91. The highest BCUT2D eigenvalue weighted by Gasteiger charge is 2.39. The topological polar surface area (TPSA) is 124 Å². The number of anilines is 1. The standard InChI is InChI=1S/C22H23N5O4/c1-22(2)8-7-14-17(25-26-18(14)22)20(30)23-12-3-4-13-11(9-12)10-27(21(13)31)15-5-6-16(28)24-19(15)29/h3-4,9,15H,5-8,10H2,1-2H3,(H,23,30)(H,25,26)(H,24,28,29). The first kappa shape index (κ1) is 19.5. The number of H-pyrrole nitrogens is 1. The molecule has 1 aliphatic carbocycles. The summed E-state index contributed by atoms with van der Waals surface area (Å²) in [6, 6.07) is 4.44. The molecule has 3 heterocycles. The first-order chi connectivity index (χ1) is 14.7. The largest absolute Gasteiger partial charge is 0.322 e. The number of carbonyl (C=O) groups excluding carboxylic acids is 4. The second-order valence-corrected chi connectivity index (χ2v) is 9.04. The zero-order valence-electron chi connectivity index (χ0n) is 17.4. The Balaban J connectivity index is 1.34. The van der Waals surface area contributed by atoms with Crippen LogP contribution in [0.4, 0.5) is 5.69 Å². The van der Waals surface area contributed by atoms with Crippen molar-refractivity contribution >= 4 is 29.3 Å². The van der Waals surface area contributed by atoms with Crippen LogP contribution < -0.4 is 10.6 Å². The lowest BCUT2D eigenvalue weighted by Gasteiger charge is -2.29. The Morgan fingerprint density at radius 2 is 2.03 bits per heavy atom. The van der Waals surface area contributed by atoms with Crippen molar-refractivity contribution in [3.63, 3.8) is 0 Å². The molecule has 9 nitrogen and oxygen atoms in total. The zero-order chi connectivity index (χ0) is 21.9. The van der Waals surface area contributed by atoms with Crippen molar-refractivity contribution in [1.82, 2.24) is 20.4 Å². The van der Waals surface area contributed by atoms with Crippen LogP contribution in [-0.4, -0.2) is 44.8 Å². The van der Waals surface area contributed by atoms with Gasteiger partial charge >= 0.3 is 0 Å². The van der Waals surface area contributed by atoms with Crippen LogP contribution in [0.2, 0.25) is 0 Å². The average molecular weight is 421 g/mol. The van der Waals surface area contributed by atoms with Crippen molar-refractivity contribution < 1.29 is 19.2 Å². The first-order valence-electron chi connectivity index (χ1n) is 10.4. The van der Waals surface area contributed by atoms with Crippen LogP contribution >= 0.6 is 0 Å². The molecule has 0 spiro atoms. The lowest BCUT2D eigenvalue weighted by Crippen LogP contribution is -2.52. The van der Waals surface area contributed by atoms with Gasteiger partial charge in [-0.05, 0) is 43.0 Å². The van der Waals surface area contributed by atoms with E-state index < -0.39 is 11.9 Å². The lowest BCUT2D eigenvalue weighted by molar-refractivity contribution is -0.136. The van der Waals surface area contributed by atoms with Crippen molar-refractivity contribution in [2.24, 2.45) is 0 Å². The number of nitrogens with one attached hydrogen (secondary N) is 3.